The van der Waals surface area contributed by atoms with Crippen LogP contribution in [0.1, 0.15) is 44.6 Å². The van der Waals surface area contributed by atoms with Crippen LogP contribution in [0.4, 0.5) is 0 Å². The summed E-state index contributed by atoms with van der Waals surface area (Å²) in [6.07, 6.45) is 7.56. The molecule has 1 atom stereocenters. The third-order valence-corrected chi connectivity index (χ3v) is 5.51. The fraction of sp³-hybridized carbons (Fsp3) is 0.682. The monoisotopic (exact) mass is 373 g/mol. The second kappa shape index (κ2) is 10.5. The molecule has 27 heavy (non-hydrogen) atoms. The summed E-state index contributed by atoms with van der Waals surface area (Å²) >= 11 is 0. The molecule has 2 fully saturated rings. The zero-order valence-corrected chi connectivity index (χ0v) is 17.0. The van der Waals surface area contributed by atoms with Gasteiger partial charge in [-0.25, -0.2) is 0 Å². The lowest BCUT2D eigenvalue weighted by Gasteiger charge is -2.21. The van der Waals surface area contributed by atoms with Crippen LogP contribution in [0.25, 0.3) is 0 Å². The largest absolute Gasteiger partial charge is 0.490 e. The highest BCUT2D eigenvalue weighted by atomic mass is 16.5. The molecule has 0 amide bonds. The van der Waals surface area contributed by atoms with Gasteiger partial charge in [-0.1, -0.05) is 12.1 Å². The van der Waals surface area contributed by atoms with E-state index in [0.29, 0.717) is 12.0 Å². The number of guanidine groups is 1. The fourth-order valence-electron chi connectivity index (χ4n) is 4.05. The van der Waals surface area contributed by atoms with Crippen molar-refractivity contribution in [3.05, 3.63) is 29.8 Å². The molecule has 2 aliphatic rings. The van der Waals surface area contributed by atoms with E-state index in [2.05, 4.69) is 41.4 Å². The maximum atomic E-state index is 6.05. The Labute approximate surface area is 164 Å². The molecule has 0 aromatic heterocycles. The molecule has 1 saturated heterocycles. The topological polar surface area (TPSA) is 46.1 Å². The van der Waals surface area contributed by atoms with E-state index < -0.39 is 0 Å². The van der Waals surface area contributed by atoms with Crippen LogP contribution in [0, 0.1) is 5.92 Å². The number of hydrogen-bond donors (Lipinski definition) is 1. The average Bonchev–Trinajstić information content (AvgIpc) is 3.35. The molecule has 1 aliphatic heterocycles. The van der Waals surface area contributed by atoms with Gasteiger partial charge in [0.1, 0.15) is 5.75 Å². The third-order valence-electron chi connectivity index (χ3n) is 5.51. The van der Waals surface area contributed by atoms with Gasteiger partial charge < -0.3 is 19.7 Å². The highest BCUT2D eigenvalue weighted by molar-refractivity contribution is 5.80. The fourth-order valence-corrected chi connectivity index (χ4v) is 4.05. The van der Waals surface area contributed by atoms with Crippen molar-refractivity contribution >= 4 is 5.96 Å². The number of likely N-dealkylation sites (tertiary alicyclic amines) is 1. The number of nitrogens with one attached hydrogen (secondary N) is 1. The van der Waals surface area contributed by atoms with E-state index in [1.165, 1.54) is 37.7 Å². The van der Waals surface area contributed by atoms with Gasteiger partial charge in [0.05, 0.1) is 12.7 Å². The molecule has 1 saturated carbocycles. The number of aliphatic imine (C=N–C) groups is 1. The summed E-state index contributed by atoms with van der Waals surface area (Å²) in [5.74, 6) is 2.66. The van der Waals surface area contributed by atoms with Crippen molar-refractivity contribution < 1.29 is 9.47 Å². The quantitative estimate of drug-likeness (QED) is 0.560. The van der Waals surface area contributed by atoms with Gasteiger partial charge in [0.2, 0.25) is 0 Å². The second-order valence-corrected chi connectivity index (χ2v) is 7.71. The van der Waals surface area contributed by atoms with Gasteiger partial charge in [-0.3, -0.25) is 4.99 Å². The zero-order valence-electron chi connectivity index (χ0n) is 17.0. The smallest absolute Gasteiger partial charge is 0.193 e. The van der Waals surface area contributed by atoms with Crippen LogP contribution in [0.3, 0.4) is 0 Å². The Morgan fingerprint density at radius 1 is 1.19 bits per heavy atom. The molecule has 0 spiro atoms. The SMILES string of the molecule is CCNC(=NCCc1ccc(OC2CCCC2)cc1)N1CCC(COC)C1. The molecular formula is C22H35N3O2. The van der Waals surface area contributed by atoms with Gasteiger partial charge in [-0.05, 0) is 63.1 Å². The summed E-state index contributed by atoms with van der Waals surface area (Å²) in [6, 6.07) is 8.57. The first-order valence-corrected chi connectivity index (χ1v) is 10.6. The van der Waals surface area contributed by atoms with Crippen molar-refractivity contribution in [2.75, 3.05) is 39.9 Å². The molecular weight excluding hydrogens is 338 g/mol. The zero-order chi connectivity index (χ0) is 18.9. The van der Waals surface area contributed by atoms with Gasteiger partial charge in [0.25, 0.3) is 0 Å². The molecule has 1 heterocycles. The summed E-state index contributed by atoms with van der Waals surface area (Å²) in [5.41, 5.74) is 1.31. The van der Waals surface area contributed by atoms with Gasteiger partial charge in [0.15, 0.2) is 5.96 Å². The van der Waals surface area contributed by atoms with Gasteiger partial charge in [0, 0.05) is 39.2 Å². The van der Waals surface area contributed by atoms with E-state index in [-0.39, 0.29) is 0 Å². The van der Waals surface area contributed by atoms with Crippen LogP contribution in [0.2, 0.25) is 0 Å². The van der Waals surface area contributed by atoms with Crippen molar-refractivity contribution in [3.8, 4) is 5.75 Å². The molecule has 1 aromatic rings. The Bertz CT molecular complexity index is 582. The predicted molar refractivity (Wildman–Crippen MR) is 111 cm³/mol. The molecule has 0 bridgehead atoms. The minimum absolute atomic E-state index is 0.422. The number of hydrogen-bond acceptors (Lipinski definition) is 3. The van der Waals surface area contributed by atoms with Crippen LogP contribution in [0.15, 0.2) is 29.3 Å². The third kappa shape index (κ3) is 6.13. The molecule has 0 radical (unpaired) electrons. The number of benzene rings is 1. The minimum atomic E-state index is 0.422. The Kier molecular flexibility index (Phi) is 7.81. The molecule has 1 N–H and O–H groups in total. The summed E-state index contributed by atoms with van der Waals surface area (Å²) in [4.78, 5) is 7.22. The standard InChI is InChI=1S/C22H35N3O2/c1-3-23-22(25-15-13-19(16-25)17-26-2)24-14-12-18-8-10-21(11-9-18)27-20-6-4-5-7-20/h8-11,19-20H,3-7,12-17H2,1-2H3,(H,23,24). The van der Waals surface area contributed by atoms with Gasteiger partial charge >= 0.3 is 0 Å². The van der Waals surface area contributed by atoms with Crippen LogP contribution in [-0.4, -0.2) is 56.9 Å². The van der Waals surface area contributed by atoms with Crippen LogP contribution in [-0.2, 0) is 11.2 Å². The second-order valence-electron chi connectivity index (χ2n) is 7.71. The molecule has 1 unspecified atom stereocenters. The van der Waals surface area contributed by atoms with E-state index in [1.807, 2.05) is 0 Å². The van der Waals surface area contributed by atoms with E-state index in [4.69, 9.17) is 14.5 Å². The summed E-state index contributed by atoms with van der Waals surface area (Å²) < 4.78 is 11.4. The molecule has 1 aliphatic carbocycles. The maximum absolute atomic E-state index is 6.05. The molecule has 5 nitrogen and oxygen atoms in total. The number of nitrogens with zero attached hydrogens (tertiary/aromatic N) is 2. The number of ether oxygens (including phenoxy) is 2. The van der Waals surface area contributed by atoms with Crippen molar-refractivity contribution in [3.63, 3.8) is 0 Å². The lowest BCUT2D eigenvalue weighted by molar-refractivity contribution is 0.157. The first-order valence-electron chi connectivity index (χ1n) is 10.6. The van der Waals surface area contributed by atoms with Crippen LogP contribution >= 0.6 is 0 Å². The lowest BCUT2D eigenvalue weighted by Crippen LogP contribution is -2.40. The normalized spacial score (nSPS) is 21.0. The number of methoxy groups -OCH3 is 1. The molecule has 1 aromatic carbocycles. The molecule has 5 heteroatoms. The van der Waals surface area contributed by atoms with Crippen molar-refractivity contribution in [2.45, 2.75) is 51.6 Å². The Balaban J connectivity index is 1.48. The highest BCUT2D eigenvalue weighted by Crippen LogP contribution is 2.24. The first kappa shape index (κ1) is 20.0. The Morgan fingerprint density at radius 3 is 2.67 bits per heavy atom. The molecule has 150 valence electrons. The minimum Gasteiger partial charge on any atom is -0.490 e. The lowest BCUT2D eigenvalue weighted by atomic mass is 10.1. The average molecular weight is 374 g/mol. The van der Waals surface area contributed by atoms with E-state index in [0.717, 1.165) is 50.9 Å². The summed E-state index contributed by atoms with van der Waals surface area (Å²) in [5, 5.41) is 3.44. The maximum Gasteiger partial charge on any atom is 0.193 e. The Morgan fingerprint density at radius 2 is 1.96 bits per heavy atom. The number of rotatable bonds is 8. The van der Waals surface area contributed by atoms with E-state index in [9.17, 15) is 0 Å². The van der Waals surface area contributed by atoms with Crippen LogP contribution < -0.4 is 10.1 Å². The van der Waals surface area contributed by atoms with Crippen LogP contribution in [0.5, 0.6) is 5.75 Å². The van der Waals surface area contributed by atoms with Crippen molar-refractivity contribution in [1.29, 1.82) is 0 Å². The Hall–Kier alpha value is -1.75. The van der Waals surface area contributed by atoms with Crippen molar-refractivity contribution in [2.24, 2.45) is 10.9 Å². The highest BCUT2D eigenvalue weighted by Gasteiger charge is 2.24. The predicted octanol–water partition coefficient (Wildman–Crippen LogP) is 3.48. The van der Waals surface area contributed by atoms with Gasteiger partial charge in [-0.2, -0.15) is 0 Å². The first-order chi connectivity index (χ1) is 13.3. The summed E-state index contributed by atoms with van der Waals surface area (Å²) in [6.45, 7) is 6.76. The summed E-state index contributed by atoms with van der Waals surface area (Å²) in [7, 11) is 1.78. The van der Waals surface area contributed by atoms with Crippen molar-refractivity contribution in [1.82, 2.24) is 10.2 Å². The van der Waals surface area contributed by atoms with E-state index >= 15 is 0 Å². The molecule has 3 rings (SSSR count). The van der Waals surface area contributed by atoms with E-state index in [1.54, 1.807) is 7.11 Å². The van der Waals surface area contributed by atoms with Gasteiger partial charge in [-0.15, -0.1) is 0 Å².